The van der Waals surface area contributed by atoms with Crippen LogP contribution >= 0.6 is 11.6 Å². The molecule has 1 N–H and O–H groups in total. The first-order valence-corrected chi connectivity index (χ1v) is 6.00. The number of hydrogen-bond donors (Lipinski definition) is 1. The van der Waals surface area contributed by atoms with Crippen LogP contribution in [-0.2, 0) is 6.18 Å². The summed E-state index contributed by atoms with van der Waals surface area (Å²) in [5.74, 6) is -0.978. The van der Waals surface area contributed by atoms with Crippen molar-refractivity contribution in [1.82, 2.24) is 19.7 Å². The molecule has 0 aliphatic carbocycles. The van der Waals surface area contributed by atoms with Crippen LogP contribution in [-0.4, -0.2) is 19.7 Å². The van der Waals surface area contributed by atoms with Gasteiger partial charge in [0, 0.05) is 17.3 Å². The van der Waals surface area contributed by atoms with E-state index < -0.39 is 12.0 Å². The third-order valence-corrected chi connectivity index (χ3v) is 3.14. The maximum Gasteiger partial charge on any atom is 0.450 e. The van der Waals surface area contributed by atoms with E-state index in [2.05, 4.69) is 15.2 Å². The van der Waals surface area contributed by atoms with Gasteiger partial charge < -0.3 is 0 Å². The lowest BCUT2D eigenvalue weighted by atomic mass is 10.2. The lowest BCUT2D eigenvalue weighted by Gasteiger charge is -2.10. The monoisotopic (exact) mass is 300 g/mol. The van der Waals surface area contributed by atoms with Gasteiger partial charge in [-0.2, -0.15) is 18.3 Å². The molecule has 0 amide bonds. The summed E-state index contributed by atoms with van der Waals surface area (Å²) in [6, 6.07) is 3.01. The number of imidazole rings is 1. The maximum atomic E-state index is 13.0. The molecule has 3 aromatic rings. The fraction of sp³-hybridized carbons (Fsp3) is 0.167. The minimum absolute atomic E-state index is 0.278. The highest BCUT2D eigenvalue weighted by Crippen LogP contribution is 2.32. The number of aromatic amines is 1. The molecule has 0 saturated carbocycles. The maximum absolute atomic E-state index is 13.0. The number of rotatable bonds is 1. The van der Waals surface area contributed by atoms with Crippen molar-refractivity contribution in [2.24, 2.45) is 0 Å². The van der Waals surface area contributed by atoms with E-state index in [4.69, 9.17) is 11.6 Å². The van der Waals surface area contributed by atoms with Gasteiger partial charge in [-0.3, -0.25) is 9.67 Å². The van der Waals surface area contributed by atoms with Gasteiger partial charge in [-0.15, -0.1) is 0 Å². The highest BCUT2D eigenvalue weighted by molar-refractivity contribution is 6.35. The van der Waals surface area contributed by atoms with Crippen molar-refractivity contribution >= 4 is 22.5 Å². The van der Waals surface area contributed by atoms with Gasteiger partial charge in [0.2, 0.25) is 5.82 Å². The number of nitrogens with one attached hydrogen (secondary N) is 1. The van der Waals surface area contributed by atoms with E-state index in [1.165, 1.54) is 25.4 Å². The largest absolute Gasteiger partial charge is 0.450 e. The third-order valence-electron chi connectivity index (χ3n) is 2.84. The summed E-state index contributed by atoms with van der Waals surface area (Å²) < 4.78 is 39.9. The normalized spacial score (nSPS) is 12.2. The molecule has 20 heavy (non-hydrogen) atoms. The lowest BCUT2D eigenvalue weighted by Crippen LogP contribution is -2.13. The lowest BCUT2D eigenvalue weighted by molar-refractivity contribution is -0.146. The van der Waals surface area contributed by atoms with Gasteiger partial charge in [-0.1, -0.05) is 11.6 Å². The Hall–Kier alpha value is -2.02. The quantitative estimate of drug-likeness (QED) is 0.744. The van der Waals surface area contributed by atoms with Crippen LogP contribution in [0.4, 0.5) is 13.2 Å². The first-order chi connectivity index (χ1) is 9.36. The SMILES string of the molecule is Cc1cn(-c2cc(Cl)c3[nH]ncc3c2)c(C(F)(F)F)n1. The fourth-order valence-electron chi connectivity index (χ4n) is 2.03. The first kappa shape index (κ1) is 13.0. The first-order valence-electron chi connectivity index (χ1n) is 5.62. The van der Waals surface area contributed by atoms with Crippen LogP contribution in [0.2, 0.25) is 5.02 Å². The summed E-state index contributed by atoms with van der Waals surface area (Å²) in [4.78, 5) is 3.53. The van der Waals surface area contributed by atoms with Gasteiger partial charge in [0.05, 0.1) is 22.4 Å². The number of halogens is 4. The predicted octanol–water partition coefficient (Wildman–Crippen LogP) is 3.73. The Morgan fingerprint density at radius 1 is 1.30 bits per heavy atom. The Morgan fingerprint density at radius 3 is 2.75 bits per heavy atom. The van der Waals surface area contributed by atoms with Gasteiger partial charge >= 0.3 is 6.18 Å². The number of alkyl halides is 3. The second kappa shape index (κ2) is 4.24. The van der Waals surface area contributed by atoms with Crippen LogP contribution in [0.5, 0.6) is 0 Å². The van der Waals surface area contributed by atoms with Crippen molar-refractivity contribution in [2.45, 2.75) is 13.1 Å². The number of benzene rings is 1. The zero-order chi connectivity index (χ0) is 14.5. The minimum atomic E-state index is -4.54. The molecular weight excluding hydrogens is 293 g/mol. The van der Waals surface area contributed by atoms with E-state index in [1.54, 1.807) is 6.07 Å². The molecule has 8 heteroatoms. The molecule has 0 spiro atoms. The number of aryl methyl sites for hydroxylation is 1. The average Bonchev–Trinajstić information content (AvgIpc) is 2.94. The molecular formula is C12H8ClF3N4. The molecule has 3 rings (SSSR count). The van der Waals surface area contributed by atoms with Gasteiger partial charge in [-0.25, -0.2) is 4.98 Å². The fourth-order valence-corrected chi connectivity index (χ4v) is 2.30. The smallest absolute Gasteiger partial charge is 0.296 e. The molecule has 4 nitrogen and oxygen atoms in total. The Morgan fingerprint density at radius 2 is 2.05 bits per heavy atom. The third kappa shape index (κ3) is 2.03. The molecule has 0 unspecified atom stereocenters. The van der Waals surface area contributed by atoms with Gasteiger partial charge in [-0.05, 0) is 19.1 Å². The molecule has 0 aliphatic rings. The molecule has 0 fully saturated rings. The van der Waals surface area contributed by atoms with E-state index >= 15 is 0 Å². The molecule has 0 bridgehead atoms. The van der Waals surface area contributed by atoms with Crippen molar-refractivity contribution < 1.29 is 13.2 Å². The van der Waals surface area contributed by atoms with Crippen LogP contribution in [0.1, 0.15) is 11.5 Å². The summed E-state index contributed by atoms with van der Waals surface area (Å²) in [5, 5.41) is 7.44. The highest BCUT2D eigenvalue weighted by atomic mass is 35.5. The molecule has 1 aromatic carbocycles. The van der Waals surface area contributed by atoms with E-state index in [1.807, 2.05) is 0 Å². The molecule has 2 aromatic heterocycles. The molecule has 0 atom stereocenters. The predicted molar refractivity (Wildman–Crippen MR) is 68.0 cm³/mol. The number of fused-ring (bicyclic) bond motifs is 1. The number of nitrogens with zero attached hydrogens (tertiary/aromatic N) is 3. The Balaban J connectivity index is 2.25. The van der Waals surface area contributed by atoms with Crippen LogP contribution in [0, 0.1) is 6.92 Å². The van der Waals surface area contributed by atoms with E-state index in [-0.39, 0.29) is 11.4 Å². The molecule has 0 aliphatic heterocycles. The molecule has 2 heterocycles. The van der Waals surface area contributed by atoms with Gasteiger partial charge in [0.1, 0.15) is 0 Å². The Bertz CT molecular complexity index is 788. The zero-order valence-corrected chi connectivity index (χ0v) is 10.9. The van der Waals surface area contributed by atoms with Crippen molar-refractivity contribution in [3.63, 3.8) is 0 Å². The summed E-state index contributed by atoms with van der Waals surface area (Å²) in [7, 11) is 0. The van der Waals surface area contributed by atoms with Crippen LogP contribution in [0.3, 0.4) is 0 Å². The second-order valence-corrected chi connectivity index (χ2v) is 4.74. The second-order valence-electron chi connectivity index (χ2n) is 4.34. The summed E-state index contributed by atoms with van der Waals surface area (Å²) in [6.07, 6.45) is -1.71. The van der Waals surface area contributed by atoms with E-state index in [0.717, 1.165) is 4.57 Å². The van der Waals surface area contributed by atoms with Gasteiger partial charge in [0.15, 0.2) is 0 Å². The standard InChI is InChI=1S/C12H8ClF3N4/c1-6-5-20(11(18-6)12(14,15)16)8-2-7-4-17-19-10(7)9(13)3-8/h2-5H,1H3,(H,17,19). The summed E-state index contributed by atoms with van der Waals surface area (Å²) in [6.45, 7) is 1.50. The van der Waals surface area contributed by atoms with Crippen molar-refractivity contribution in [1.29, 1.82) is 0 Å². The van der Waals surface area contributed by atoms with Crippen molar-refractivity contribution in [3.8, 4) is 5.69 Å². The van der Waals surface area contributed by atoms with E-state index in [0.29, 0.717) is 15.9 Å². The average molecular weight is 301 g/mol. The number of H-pyrrole nitrogens is 1. The summed E-state index contributed by atoms with van der Waals surface area (Å²) in [5.41, 5.74) is 1.15. The van der Waals surface area contributed by atoms with E-state index in [9.17, 15) is 13.2 Å². The molecule has 104 valence electrons. The van der Waals surface area contributed by atoms with Gasteiger partial charge in [0.25, 0.3) is 0 Å². The van der Waals surface area contributed by atoms with Crippen molar-refractivity contribution in [3.05, 3.63) is 41.1 Å². The number of hydrogen-bond acceptors (Lipinski definition) is 2. The van der Waals surface area contributed by atoms with Crippen LogP contribution in [0.15, 0.2) is 24.5 Å². The molecule has 0 radical (unpaired) electrons. The molecule has 0 saturated heterocycles. The Kier molecular flexibility index (Phi) is 2.75. The zero-order valence-electron chi connectivity index (χ0n) is 10.2. The highest BCUT2D eigenvalue weighted by Gasteiger charge is 2.37. The summed E-state index contributed by atoms with van der Waals surface area (Å²) >= 11 is 6.04. The van der Waals surface area contributed by atoms with Crippen molar-refractivity contribution in [2.75, 3.05) is 0 Å². The topological polar surface area (TPSA) is 46.5 Å². The Labute approximate surface area is 116 Å². The van der Waals surface area contributed by atoms with Crippen LogP contribution in [0.25, 0.3) is 16.6 Å². The van der Waals surface area contributed by atoms with Crippen LogP contribution < -0.4 is 0 Å². The minimum Gasteiger partial charge on any atom is -0.296 e. The number of aromatic nitrogens is 4.